The molecular weight excluding hydrogens is 466 g/mol. The highest BCUT2D eigenvalue weighted by Gasteiger charge is 2.27. The zero-order valence-corrected chi connectivity index (χ0v) is 21.4. The van der Waals surface area contributed by atoms with E-state index in [0.29, 0.717) is 35.2 Å². The summed E-state index contributed by atoms with van der Waals surface area (Å²) in [5, 5.41) is 12.5. The number of amides is 1. The Morgan fingerprint density at radius 3 is 2.57 bits per heavy atom. The highest BCUT2D eigenvalue weighted by atomic mass is 32.1. The zero-order valence-electron chi connectivity index (χ0n) is 20.6. The maximum Gasteiger partial charge on any atom is 0.293 e. The molecule has 4 rings (SSSR count). The summed E-state index contributed by atoms with van der Waals surface area (Å²) in [6.45, 7) is 4.59. The third kappa shape index (κ3) is 5.23. The standard InChI is InChI=1S/C25H31N5O4S/c1-17-8-11-21(34-4)22-23(17)35-25(26-22)29(15-14-27(2)3)24(31)18-9-10-19(20(16-18)30(32)33)28-12-6-5-7-13-28/h8-11,16H,5-7,12-15H2,1-4H3. The number of thiazole rings is 1. The molecule has 0 aliphatic carbocycles. The number of fused-ring (bicyclic) bond motifs is 1. The number of nitro benzene ring substituents is 1. The van der Waals surface area contributed by atoms with Gasteiger partial charge in [-0.25, -0.2) is 4.98 Å². The fraction of sp³-hybridized carbons (Fsp3) is 0.440. The molecular formula is C25H31N5O4S. The second kappa shape index (κ2) is 10.6. The smallest absolute Gasteiger partial charge is 0.293 e. The molecule has 0 spiro atoms. The van der Waals surface area contributed by atoms with Gasteiger partial charge in [-0.3, -0.25) is 19.8 Å². The predicted molar refractivity (Wildman–Crippen MR) is 140 cm³/mol. The van der Waals surface area contributed by atoms with Crippen LogP contribution in [0.25, 0.3) is 10.2 Å². The number of likely N-dealkylation sites (N-methyl/N-ethyl adjacent to an activating group) is 1. The van der Waals surface area contributed by atoms with Crippen LogP contribution >= 0.6 is 11.3 Å². The fourth-order valence-electron chi connectivity index (χ4n) is 4.32. The van der Waals surface area contributed by atoms with Crippen LogP contribution in [0.4, 0.5) is 16.5 Å². The number of nitrogens with zero attached hydrogens (tertiary/aromatic N) is 5. The van der Waals surface area contributed by atoms with Gasteiger partial charge in [0, 0.05) is 37.8 Å². The van der Waals surface area contributed by atoms with Crippen LogP contribution < -0.4 is 14.5 Å². The number of nitro groups is 1. The first-order chi connectivity index (χ1) is 16.8. The molecule has 0 saturated carbocycles. The van der Waals surface area contributed by atoms with Gasteiger partial charge in [-0.15, -0.1) is 0 Å². The normalized spacial score (nSPS) is 13.9. The van der Waals surface area contributed by atoms with E-state index in [9.17, 15) is 14.9 Å². The van der Waals surface area contributed by atoms with Crippen LogP contribution in [0.15, 0.2) is 30.3 Å². The molecule has 0 bridgehead atoms. The Labute approximate surface area is 209 Å². The fourth-order valence-corrected chi connectivity index (χ4v) is 5.40. The Bertz CT molecular complexity index is 1240. The monoisotopic (exact) mass is 497 g/mol. The molecule has 10 heteroatoms. The molecule has 35 heavy (non-hydrogen) atoms. The van der Waals surface area contributed by atoms with E-state index in [1.807, 2.05) is 43.0 Å². The Balaban J connectivity index is 1.74. The summed E-state index contributed by atoms with van der Waals surface area (Å²) in [5.74, 6) is 0.338. The first-order valence-electron chi connectivity index (χ1n) is 11.7. The summed E-state index contributed by atoms with van der Waals surface area (Å²) >= 11 is 1.43. The number of carbonyl (C=O) groups excluding carboxylic acids is 1. The third-order valence-electron chi connectivity index (χ3n) is 6.27. The molecule has 0 N–H and O–H groups in total. The van der Waals surface area contributed by atoms with Crippen LogP contribution in [0.3, 0.4) is 0 Å². The van der Waals surface area contributed by atoms with Gasteiger partial charge in [-0.1, -0.05) is 17.4 Å². The number of aromatic nitrogens is 1. The van der Waals surface area contributed by atoms with Crippen molar-refractivity contribution in [3.8, 4) is 5.75 Å². The molecule has 0 radical (unpaired) electrons. The van der Waals surface area contributed by atoms with E-state index in [0.717, 1.165) is 42.6 Å². The van der Waals surface area contributed by atoms with Gasteiger partial charge in [0.15, 0.2) is 5.13 Å². The van der Waals surface area contributed by atoms with Gasteiger partial charge >= 0.3 is 0 Å². The van der Waals surface area contributed by atoms with Gasteiger partial charge < -0.3 is 14.5 Å². The maximum absolute atomic E-state index is 13.7. The summed E-state index contributed by atoms with van der Waals surface area (Å²) in [7, 11) is 5.47. The minimum atomic E-state index is -0.392. The van der Waals surface area contributed by atoms with Crippen LogP contribution in [-0.4, -0.2) is 68.1 Å². The highest BCUT2D eigenvalue weighted by Crippen LogP contribution is 2.37. The van der Waals surface area contributed by atoms with E-state index in [2.05, 4.69) is 0 Å². The number of hydrogen-bond donors (Lipinski definition) is 0. The largest absolute Gasteiger partial charge is 0.494 e. The average Bonchev–Trinajstić information content (AvgIpc) is 3.30. The molecule has 1 fully saturated rings. The summed E-state index contributed by atoms with van der Waals surface area (Å²) in [5.41, 5.74) is 2.57. The second-order valence-corrected chi connectivity index (χ2v) is 10.0. The van der Waals surface area contributed by atoms with Crippen LogP contribution in [0.5, 0.6) is 5.75 Å². The SMILES string of the molecule is COc1ccc(C)c2sc(N(CCN(C)C)C(=O)c3ccc(N4CCCCC4)c([N+](=O)[O-])c3)nc12. The van der Waals surface area contributed by atoms with Crippen molar-refractivity contribution in [1.29, 1.82) is 0 Å². The molecule has 9 nitrogen and oxygen atoms in total. The summed E-state index contributed by atoms with van der Waals surface area (Å²) in [6.07, 6.45) is 3.15. The number of aryl methyl sites for hydroxylation is 1. The van der Waals surface area contributed by atoms with Gasteiger partial charge in [0.2, 0.25) is 0 Å². The number of benzene rings is 2. The number of anilines is 2. The molecule has 1 aliphatic rings. The minimum absolute atomic E-state index is 0.0351. The molecule has 186 valence electrons. The molecule has 1 aromatic heterocycles. The van der Waals surface area contributed by atoms with E-state index in [1.54, 1.807) is 24.1 Å². The van der Waals surface area contributed by atoms with E-state index < -0.39 is 4.92 Å². The van der Waals surface area contributed by atoms with Crippen LogP contribution in [0.1, 0.15) is 35.2 Å². The third-order valence-corrected chi connectivity index (χ3v) is 7.49. The Morgan fingerprint density at radius 2 is 1.91 bits per heavy atom. The molecule has 1 saturated heterocycles. The second-order valence-electron chi connectivity index (χ2n) is 9.03. The van der Waals surface area contributed by atoms with Crippen LogP contribution in [-0.2, 0) is 0 Å². The Kier molecular flexibility index (Phi) is 7.51. The van der Waals surface area contributed by atoms with E-state index >= 15 is 0 Å². The van der Waals surface area contributed by atoms with Crippen molar-refractivity contribution in [1.82, 2.24) is 9.88 Å². The summed E-state index contributed by atoms with van der Waals surface area (Å²) < 4.78 is 6.44. The van der Waals surface area contributed by atoms with Crippen molar-refractivity contribution >= 4 is 44.0 Å². The zero-order chi connectivity index (χ0) is 25.1. The number of carbonyl (C=O) groups is 1. The van der Waals surface area contributed by atoms with Gasteiger partial charge in [-0.05, 0) is 64.0 Å². The lowest BCUT2D eigenvalue weighted by atomic mass is 10.1. The van der Waals surface area contributed by atoms with Gasteiger partial charge in [0.25, 0.3) is 11.6 Å². The predicted octanol–water partition coefficient (Wildman–Crippen LogP) is 4.72. The van der Waals surface area contributed by atoms with Gasteiger partial charge in [-0.2, -0.15) is 0 Å². The average molecular weight is 498 g/mol. The lowest BCUT2D eigenvalue weighted by Crippen LogP contribution is -2.37. The molecule has 1 amide bonds. The molecule has 2 heterocycles. The molecule has 3 aromatic rings. The Morgan fingerprint density at radius 1 is 1.17 bits per heavy atom. The first kappa shape index (κ1) is 24.9. The number of hydrogen-bond acceptors (Lipinski definition) is 8. The number of rotatable bonds is 8. The number of methoxy groups -OCH3 is 1. The quantitative estimate of drug-likeness (QED) is 0.328. The minimum Gasteiger partial charge on any atom is -0.494 e. The van der Waals surface area contributed by atoms with Crippen molar-refractivity contribution in [3.05, 3.63) is 51.6 Å². The van der Waals surface area contributed by atoms with Crippen LogP contribution in [0, 0.1) is 17.0 Å². The summed E-state index contributed by atoms with van der Waals surface area (Å²) in [6, 6.07) is 8.66. The van der Waals surface area contributed by atoms with Crippen molar-refractivity contribution < 1.29 is 14.5 Å². The lowest BCUT2D eigenvalue weighted by Gasteiger charge is -2.28. The van der Waals surface area contributed by atoms with Crippen LogP contribution in [0.2, 0.25) is 0 Å². The maximum atomic E-state index is 13.7. The number of ether oxygens (including phenoxy) is 1. The van der Waals surface area contributed by atoms with E-state index in [-0.39, 0.29) is 17.2 Å². The van der Waals surface area contributed by atoms with Crippen molar-refractivity contribution in [2.75, 3.05) is 57.2 Å². The van der Waals surface area contributed by atoms with Gasteiger partial charge in [0.1, 0.15) is 17.0 Å². The molecule has 2 aromatic carbocycles. The topological polar surface area (TPSA) is 92.0 Å². The van der Waals surface area contributed by atoms with Crippen molar-refractivity contribution in [3.63, 3.8) is 0 Å². The highest BCUT2D eigenvalue weighted by molar-refractivity contribution is 7.22. The Hall–Kier alpha value is -3.24. The molecule has 0 atom stereocenters. The van der Waals surface area contributed by atoms with Crippen molar-refractivity contribution in [2.45, 2.75) is 26.2 Å². The number of piperidine rings is 1. The van der Waals surface area contributed by atoms with E-state index in [4.69, 9.17) is 9.72 Å². The first-order valence-corrected chi connectivity index (χ1v) is 12.6. The lowest BCUT2D eigenvalue weighted by molar-refractivity contribution is -0.384. The molecule has 0 unspecified atom stereocenters. The van der Waals surface area contributed by atoms with Gasteiger partial charge in [0.05, 0.1) is 16.7 Å². The van der Waals surface area contributed by atoms with Crippen molar-refractivity contribution in [2.24, 2.45) is 0 Å². The van der Waals surface area contributed by atoms with E-state index in [1.165, 1.54) is 17.4 Å². The summed E-state index contributed by atoms with van der Waals surface area (Å²) in [4.78, 5) is 35.7. The molecule has 1 aliphatic heterocycles.